The Bertz CT molecular complexity index is 607. The fourth-order valence-electron chi connectivity index (χ4n) is 2.73. The van der Waals surface area contributed by atoms with Crippen LogP contribution in [0.3, 0.4) is 0 Å². The number of para-hydroxylation sites is 1. The van der Waals surface area contributed by atoms with Crippen molar-refractivity contribution in [2.45, 2.75) is 51.9 Å². The van der Waals surface area contributed by atoms with E-state index in [1.54, 1.807) is 36.4 Å². The molecular weight excluding hydrogens is 298 g/mol. The molecule has 128 valence electrons. The van der Waals surface area contributed by atoms with E-state index in [9.17, 15) is 10.0 Å². The third-order valence-corrected chi connectivity index (χ3v) is 4.21. The zero-order valence-electron chi connectivity index (χ0n) is 14.4. The number of hydrogen-bond acceptors (Lipinski definition) is 2. The summed E-state index contributed by atoms with van der Waals surface area (Å²) in [5, 5.41) is 10.7. The van der Waals surface area contributed by atoms with Crippen molar-refractivity contribution in [2.75, 3.05) is 5.06 Å². The third-order valence-electron chi connectivity index (χ3n) is 4.21. The van der Waals surface area contributed by atoms with E-state index in [1.165, 1.54) is 44.1 Å². The Kier molecular flexibility index (Phi) is 7.50. The summed E-state index contributed by atoms with van der Waals surface area (Å²) >= 11 is 0. The molecule has 0 heterocycles. The van der Waals surface area contributed by atoms with Gasteiger partial charge in [-0.25, -0.2) is 0 Å². The molecule has 1 N–H and O–H groups in total. The Hall–Kier alpha value is -2.13. The molecule has 0 atom stereocenters. The van der Waals surface area contributed by atoms with Crippen molar-refractivity contribution in [3.05, 3.63) is 65.7 Å². The van der Waals surface area contributed by atoms with E-state index in [-0.39, 0.29) is 0 Å². The number of unbranched alkanes of at least 4 members (excludes halogenated alkanes) is 5. The maximum Gasteiger partial charge on any atom is 0.281 e. The maximum absolute atomic E-state index is 12.3. The molecule has 1 amide bonds. The van der Waals surface area contributed by atoms with E-state index in [1.807, 2.05) is 18.2 Å². The summed E-state index contributed by atoms with van der Waals surface area (Å²) in [5.41, 5.74) is 2.21. The number of hydroxylamine groups is 1. The number of aryl methyl sites for hydroxylation is 1. The fourth-order valence-corrected chi connectivity index (χ4v) is 2.73. The molecule has 0 bridgehead atoms. The average molecular weight is 325 g/mol. The molecule has 3 nitrogen and oxygen atoms in total. The molecule has 2 aromatic carbocycles. The van der Waals surface area contributed by atoms with Gasteiger partial charge in [-0.15, -0.1) is 0 Å². The summed E-state index contributed by atoms with van der Waals surface area (Å²) in [5.74, 6) is -0.410. The molecule has 0 aliphatic heterocycles. The number of hydrogen-bond donors (Lipinski definition) is 1. The first-order chi connectivity index (χ1) is 11.7. The molecular formula is C21H27NO2. The van der Waals surface area contributed by atoms with Crippen LogP contribution in [0.4, 0.5) is 5.69 Å². The van der Waals surface area contributed by atoms with Gasteiger partial charge in [0.15, 0.2) is 0 Å². The summed E-state index contributed by atoms with van der Waals surface area (Å²) in [4.78, 5) is 12.3. The molecule has 0 radical (unpaired) electrons. The van der Waals surface area contributed by atoms with Crippen molar-refractivity contribution in [2.24, 2.45) is 0 Å². The second-order valence-corrected chi connectivity index (χ2v) is 6.17. The highest BCUT2D eigenvalue weighted by Gasteiger charge is 2.15. The molecule has 3 heteroatoms. The summed E-state index contributed by atoms with van der Waals surface area (Å²) in [6, 6.07) is 16.4. The van der Waals surface area contributed by atoms with Crippen molar-refractivity contribution in [1.82, 2.24) is 0 Å². The molecule has 0 saturated heterocycles. The highest BCUT2D eigenvalue weighted by Crippen LogP contribution is 2.16. The van der Waals surface area contributed by atoms with Gasteiger partial charge in [0.2, 0.25) is 0 Å². The summed E-state index contributed by atoms with van der Waals surface area (Å²) < 4.78 is 0. The zero-order valence-corrected chi connectivity index (χ0v) is 14.4. The molecule has 0 spiro atoms. The van der Waals surface area contributed by atoms with Crippen LogP contribution < -0.4 is 5.06 Å². The van der Waals surface area contributed by atoms with Crippen molar-refractivity contribution >= 4 is 11.6 Å². The van der Waals surface area contributed by atoms with Gasteiger partial charge in [-0.1, -0.05) is 69.4 Å². The lowest BCUT2D eigenvalue weighted by molar-refractivity contribution is 0.0855. The lowest BCUT2D eigenvalue weighted by atomic mass is 10.0. The first-order valence-corrected chi connectivity index (χ1v) is 8.89. The van der Waals surface area contributed by atoms with Crippen LogP contribution in [-0.2, 0) is 6.42 Å². The number of benzene rings is 2. The van der Waals surface area contributed by atoms with Crippen LogP contribution in [0.2, 0.25) is 0 Å². The maximum atomic E-state index is 12.3. The molecule has 0 fully saturated rings. The fraction of sp³-hybridized carbons (Fsp3) is 0.381. The second-order valence-electron chi connectivity index (χ2n) is 6.17. The first kappa shape index (κ1) is 18.2. The van der Waals surface area contributed by atoms with Crippen molar-refractivity contribution < 1.29 is 10.0 Å². The van der Waals surface area contributed by atoms with E-state index in [2.05, 4.69) is 6.92 Å². The molecule has 2 aromatic rings. The van der Waals surface area contributed by atoms with Crippen molar-refractivity contribution in [3.63, 3.8) is 0 Å². The summed E-state index contributed by atoms with van der Waals surface area (Å²) in [6.45, 7) is 2.23. The van der Waals surface area contributed by atoms with Crippen molar-refractivity contribution in [3.8, 4) is 0 Å². The van der Waals surface area contributed by atoms with E-state index < -0.39 is 5.91 Å². The number of rotatable bonds is 9. The van der Waals surface area contributed by atoms with Crippen LogP contribution in [-0.4, -0.2) is 11.1 Å². The van der Waals surface area contributed by atoms with E-state index in [0.717, 1.165) is 6.42 Å². The molecule has 2 rings (SSSR count). The van der Waals surface area contributed by atoms with Crippen LogP contribution in [0.15, 0.2) is 54.6 Å². The third kappa shape index (κ3) is 5.50. The number of carbonyl (C=O) groups is 1. The normalized spacial score (nSPS) is 10.6. The van der Waals surface area contributed by atoms with Gasteiger partial charge in [-0.3, -0.25) is 10.0 Å². The van der Waals surface area contributed by atoms with Crippen LogP contribution in [0.5, 0.6) is 0 Å². The average Bonchev–Trinajstić information content (AvgIpc) is 2.64. The molecule has 0 aromatic heterocycles. The second kappa shape index (κ2) is 9.89. The van der Waals surface area contributed by atoms with Crippen molar-refractivity contribution in [1.29, 1.82) is 0 Å². The smallest absolute Gasteiger partial charge is 0.281 e. The Morgan fingerprint density at radius 1 is 0.875 bits per heavy atom. The predicted molar refractivity (Wildman–Crippen MR) is 98.6 cm³/mol. The van der Waals surface area contributed by atoms with Crippen LogP contribution in [0.25, 0.3) is 0 Å². The lowest BCUT2D eigenvalue weighted by Gasteiger charge is -2.15. The molecule has 0 aliphatic rings. The van der Waals surface area contributed by atoms with Gasteiger partial charge in [0.25, 0.3) is 5.91 Å². The molecule has 0 aliphatic carbocycles. The Morgan fingerprint density at radius 3 is 2.17 bits per heavy atom. The van der Waals surface area contributed by atoms with Crippen LogP contribution >= 0.6 is 0 Å². The molecule has 0 unspecified atom stereocenters. The van der Waals surface area contributed by atoms with E-state index in [0.29, 0.717) is 16.3 Å². The number of anilines is 1. The number of amides is 1. The van der Waals surface area contributed by atoms with Gasteiger partial charge in [0.05, 0.1) is 5.69 Å². The Morgan fingerprint density at radius 2 is 1.50 bits per heavy atom. The van der Waals surface area contributed by atoms with E-state index in [4.69, 9.17) is 0 Å². The summed E-state index contributed by atoms with van der Waals surface area (Å²) in [7, 11) is 0. The SMILES string of the molecule is CCCCCCCCc1ccc(C(=O)N(O)c2ccccc2)cc1. The molecule has 0 saturated carbocycles. The Balaban J connectivity index is 1.84. The van der Waals surface area contributed by atoms with Gasteiger partial charge in [-0.2, -0.15) is 5.06 Å². The van der Waals surface area contributed by atoms with Gasteiger partial charge < -0.3 is 0 Å². The van der Waals surface area contributed by atoms with Crippen LogP contribution in [0.1, 0.15) is 61.4 Å². The first-order valence-electron chi connectivity index (χ1n) is 8.89. The minimum Gasteiger partial charge on any atom is -0.281 e. The highest BCUT2D eigenvalue weighted by atomic mass is 16.5. The van der Waals surface area contributed by atoms with Crippen LogP contribution in [0, 0.1) is 0 Å². The lowest BCUT2D eigenvalue weighted by Crippen LogP contribution is -2.26. The Labute approximate surface area is 144 Å². The molecule has 24 heavy (non-hydrogen) atoms. The quantitative estimate of drug-likeness (QED) is 0.369. The predicted octanol–water partition coefficient (Wildman–Crippen LogP) is 5.63. The number of carbonyl (C=O) groups excluding carboxylic acids is 1. The van der Waals surface area contributed by atoms with Gasteiger partial charge in [0, 0.05) is 5.56 Å². The largest absolute Gasteiger partial charge is 0.281 e. The minimum absolute atomic E-state index is 0.410. The highest BCUT2D eigenvalue weighted by molar-refractivity contribution is 6.04. The van der Waals surface area contributed by atoms with Gasteiger partial charge in [-0.05, 0) is 42.7 Å². The topological polar surface area (TPSA) is 40.5 Å². The standard InChI is InChI=1S/C21H27NO2/c1-2-3-4-5-6-8-11-18-14-16-19(17-15-18)21(23)22(24)20-12-9-7-10-13-20/h7,9-10,12-17,24H,2-6,8,11H2,1H3. The zero-order chi connectivity index (χ0) is 17.2. The number of nitrogens with zero attached hydrogens (tertiary/aromatic N) is 1. The summed E-state index contributed by atoms with van der Waals surface area (Å²) in [6.07, 6.45) is 8.74. The van der Waals surface area contributed by atoms with Gasteiger partial charge >= 0.3 is 0 Å². The minimum atomic E-state index is -0.410. The monoisotopic (exact) mass is 325 g/mol. The van der Waals surface area contributed by atoms with Gasteiger partial charge in [0.1, 0.15) is 0 Å². The van der Waals surface area contributed by atoms with E-state index >= 15 is 0 Å².